The molecule has 8 heteroatoms. The van der Waals surface area contributed by atoms with Gasteiger partial charge in [-0.3, -0.25) is 10.1 Å². The second kappa shape index (κ2) is 5.31. The molecule has 1 aromatic rings. The van der Waals surface area contributed by atoms with E-state index in [4.69, 9.17) is 11.6 Å². The van der Waals surface area contributed by atoms with Crippen LogP contribution < -0.4 is 4.72 Å². The van der Waals surface area contributed by atoms with Crippen molar-refractivity contribution in [1.29, 1.82) is 0 Å². The van der Waals surface area contributed by atoms with Crippen molar-refractivity contribution in [2.45, 2.75) is 37.6 Å². The highest BCUT2D eigenvalue weighted by atomic mass is 35.5. The number of nitro groups is 1. The molecule has 1 aromatic carbocycles. The number of nitrogens with zero attached hydrogens (tertiary/aromatic N) is 1. The number of aryl methyl sites for hydroxylation is 1. The Morgan fingerprint density at radius 1 is 1.50 bits per heavy atom. The van der Waals surface area contributed by atoms with Gasteiger partial charge in [0.15, 0.2) is 0 Å². The van der Waals surface area contributed by atoms with Crippen LogP contribution in [0.4, 0.5) is 5.69 Å². The minimum atomic E-state index is -3.76. The summed E-state index contributed by atoms with van der Waals surface area (Å²) < 4.78 is 27.1. The second-order valence-electron chi connectivity index (χ2n) is 4.96. The van der Waals surface area contributed by atoms with Crippen LogP contribution in [0.3, 0.4) is 0 Å². The van der Waals surface area contributed by atoms with Crippen molar-refractivity contribution < 1.29 is 13.3 Å². The third-order valence-electron chi connectivity index (χ3n) is 3.48. The molecule has 0 spiro atoms. The molecule has 1 N–H and O–H groups in total. The van der Waals surface area contributed by atoms with Gasteiger partial charge in [-0.05, 0) is 30.9 Å². The summed E-state index contributed by atoms with van der Waals surface area (Å²) in [5.41, 5.74) is -0.0118. The normalized spacial score (nSPS) is 21.8. The second-order valence-corrected chi connectivity index (χ2v) is 7.05. The summed E-state index contributed by atoms with van der Waals surface area (Å²) in [7, 11) is -3.76. The van der Waals surface area contributed by atoms with Gasteiger partial charge in [0.1, 0.15) is 5.02 Å². The highest BCUT2D eigenvalue weighted by Gasteiger charge is 2.39. The highest BCUT2D eigenvalue weighted by Crippen LogP contribution is 2.36. The van der Waals surface area contributed by atoms with Gasteiger partial charge in [0, 0.05) is 12.1 Å². The van der Waals surface area contributed by atoms with E-state index in [2.05, 4.69) is 4.72 Å². The smallest absolute Gasteiger partial charge is 0.258 e. The van der Waals surface area contributed by atoms with Crippen LogP contribution in [-0.2, 0) is 10.0 Å². The van der Waals surface area contributed by atoms with Crippen molar-refractivity contribution in [1.82, 2.24) is 4.72 Å². The Labute approximate surface area is 122 Å². The van der Waals surface area contributed by atoms with Crippen LogP contribution in [0, 0.1) is 23.0 Å². The number of benzene rings is 1. The van der Waals surface area contributed by atoms with E-state index in [-0.39, 0.29) is 16.0 Å². The summed E-state index contributed by atoms with van der Waals surface area (Å²) in [6.07, 6.45) is 1.72. The lowest BCUT2D eigenvalue weighted by molar-refractivity contribution is -0.384. The van der Waals surface area contributed by atoms with Gasteiger partial charge >= 0.3 is 0 Å². The Hall–Kier alpha value is -1.18. The molecular formula is C12H15ClN2O4S. The van der Waals surface area contributed by atoms with E-state index in [0.717, 1.165) is 18.9 Å². The van der Waals surface area contributed by atoms with Crippen LogP contribution in [0.25, 0.3) is 0 Å². The third-order valence-corrected chi connectivity index (χ3v) is 5.42. The zero-order chi connectivity index (χ0) is 15.1. The Bertz CT molecular complexity index is 660. The maximum atomic E-state index is 12.3. The number of hydrogen-bond donors (Lipinski definition) is 1. The van der Waals surface area contributed by atoms with Crippen molar-refractivity contribution >= 4 is 27.3 Å². The van der Waals surface area contributed by atoms with Gasteiger partial charge in [0.05, 0.1) is 9.82 Å². The average molecular weight is 319 g/mol. The van der Waals surface area contributed by atoms with Crippen LogP contribution in [0.1, 0.15) is 25.3 Å². The largest absolute Gasteiger partial charge is 0.289 e. The van der Waals surface area contributed by atoms with Gasteiger partial charge in [-0.25, -0.2) is 13.1 Å². The molecule has 2 unspecified atom stereocenters. The molecule has 0 bridgehead atoms. The average Bonchev–Trinajstić information content (AvgIpc) is 3.05. The van der Waals surface area contributed by atoms with Crippen molar-refractivity contribution in [3.05, 3.63) is 32.8 Å². The monoisotopic (exact) mass is 318 g/mol. The standard InChI is InChI=1S/C12H15ClN2O4S/c1-3-8-5-10(8)14-20(18,19)12-6-11(15(16)17)9(13)4-7(12)2/h4,6,8,10,14H,3,5H2,1-2H3. The fourth-order valence-electron chi connectivity index (χ4n) is 2.18. The van der Waals surface area contributed by atoms with E-state index >= 15 is 0 Å². The van der Waals surface area contributed by atoms with Gasteiger partial charge in [0.2, 0.25) is 10.0 Å². The number of halogens is 1. The van der Waals surface area contributed by atoms with Crippen molar-refractivity contribution in [2.75, 3.05) is 0 Å². The van der Waals surface area contributed by atoms with E-state index < -0.39 is 20.6 Å². The molecule has 1 saturated carbocycles. The fraction of sp³-hybridized carbons (Fsp3) is 0.500. The first-order valence-corrected chi connectivity index (χ1v) is 8.09. The SMILES string of the molecule is CCC1CC1NS(=O)(=O)c1cc([N+](=O)[O-])c(Cl)cc1C. The molecule has 2 atom stereocenters. The van der Waals surface area contributed by atoms with Crippen LogP contribution in [-0.4, -0.2) is 19.4 Å². The number of sulfonamides is 1. The number of nitro benzene ring substituents is 1. The topological polar surface area (TPSA) is 89.3 Å². The molecular weight excluding hydrogens is 304 g/mol. The molecule has 0 aliphatic heterocycles. The summed E-state index contributed by atoms with van der Waals surface area (Å²) >= 11 is 5.75. The lowest BCUT2D eigenvalue weighted by atomic mass is 10.2. The Balaban J connectivity index is 2.36. The maximum absolute atomic E-state index is 12.3. The predicted octanol–water partition coefficient (Wildman–Crippen LogP) is 2.63. The first kappa shape index (κ1) is 15.2. The molecule has 1 aliphatic rings. The third kappa shape index (κ3) is 2.94. The summed E-state index contributed by atoms with van der Waals surface area (Å²) in [6.45, 7) is 3.56. The Kier molecular flexibility index (Phi) is 4.04. The van der Waals surface area contributed by atoms with E-state index in [1.54, 1.807) is 6.92 Å². The zero-order valence-electron chi connectivity index (χ0n) is 11.1. The van der Waals surface area contributed by atoms with Crippen LogP contribution in [0.15, 0.2) is 17.0 Å². The van der Waals surface area contributed by atoms with Crippen molar-refractivity contribution in [3.8, 4) is 0 Å². The van der Waals surface area contributed by atoms with E-state index in [1.807, 2.05) is 6.92 Å². The van der Waals surface area contributed by atoms with Crippen molar-refractivity contribution in [2.24, 2.45) is 5.92 Å². The molecule has 1 fully saturated rings. The first-order valence-electron chi connectivity index (χ1n) is 6.23. The van der Waals surface area contributed by atoms with E-state index in [1.165, 1.54) is 6.07 Å². The molecule has 0 heterocycles. The molecule has 0 saturated heterocycles. The first-order chi connectivity index (χ1) is 9.26. The zero-order valence-corrected chi connectivity index (χ0v) is 12.7. The molecule has 0 radical (unpaired) electrons. The minimum Gasteiger partial charge on any atom is -0.258 e. The summed E-state index contributed by atoms with van der Waals surface area (Å²) in [4.78, 5) is 10.1. The minimum absolute atomic E-state index is 0.0655. The molecule has 2 rings (SSSR count). The molecule has 1 aliphatic carbocycles. The molecule has 0 amide bonds. The van der Waals surface area contributed by atoms with Gasteiger partial charge < -0.3 is 0 Å². The Morgan fingerprint density at radius 3 is 2.65 bits per heavy atom. The Morgan fingerprint density at radius 2 is 2.15 bits per heavy atom. The summed E-state index contributed by atoms with van der Waals surface area (Å²) in [6, 6.07) is 2.25. The summed E-state index contributed by atoms with van der Waals surface area (Å²) in [5.74, 6) is 0.354. The quantitative estimate of drug-likeness (QED) is 0.667. The molecule has 0 aromatic heterocycles. The van der Waals surface area contributed by atoms with E-state index in [0.29, 0.717) is 11.5 Å². The molecule has 110 valence electrons. The molecule has 20 heavy (non-hydrogen) atoms. The van der Waals surface area contributed by atoms with Gasteiger partial charge in [-0.1, -0.05) is 24.9 Å². The van der Waals surface area contributed by atoms with Crippen LogP contribution >= 0.6 is 11.6 Å². The van der Waals surface area contributed by atoms with Gasteiger partial charge in [-0.2, -0.15) is 0 Å². The van der Waals surface area contributed by atoms with Crippen LogP contribution in [0.5, 0.6) is 0 Å². The lowest BCUT2D eigenvalue weighted by Crippen LogP contribution is -2.27. The number of nitrogens with one attached hydrogen (secondary N) is 1. The fourth-order valence-corrected chi connectivity index (χ4v) is 4.03. The molecule has 6 nitrogen and oxygen atoms in total. The van der Waals surface area contributed by atoms with Gasteiger partial charge in [0.25, 0.3) is 5.69 Å². The number of hydrogen-bond acceptors (Lipinski definition) is 4. The van der Waals surface area contributed by atoms with Crippen molar-refractivity contribution in [3.63, 3.8) is 0 Å². The van der Waals surface area contributed by atoms with E-state index in [9.17, 15) is 18.5 Å². The van der Waals surface area contributed by atoms with Gasteiger partial charge in [-0.15, -0.1) is 0 Å². The lowest BCUT2D eigenvalue weighted by Gasteiger charge is -2.09. The van der Waals surface area contributed by atoms with Crippen LogP contribution in [0.2, 0.25) is 5.02 Å². The summed E-state index contributed by atoms with van der Waals surface area (Å²) in [5, 5.41) is 10.8. The maximum Gasteiger partial charge on any atom is 0.289 e. The highest BCUT2D eigenvalue weighted by molar-refractivity contribution is 7.89. The number of rotatable bonds is 5. The predicted molar refractivity (Wildman–Crippen MR) is 75.4 cm³/mol.